The molecule has 0 radical (unpaired) electrons. The molecule has 3 nitrogen and oxygen atoms in total. The zero-order valence-electron chi connectivity index (χ0n) is 11.6. The van der Waals surface area contributed by atoms with E-state index in [1.165, 1.54) is 17.3 Å². The lowest BCUT2D eigenvalue weighted by atomic mass is 10.2. The Bertz CT molecular complexity index is 608. The fraction of sp³-hybridized carbons (Fsp3) is 0.188. The number of hydrogen-bond donors (Lipinski definition) is 2. The van der Waals surface area contributed by atoms with E-state index in [-0.39, 0.29) is 5.91 Å². The van der Waals surface area contributed by atoms with Gasteiger partial charge < -0.3 is 11.1 Å². The highest BCUT2D eigenvalue weighted by molar-refractivity contribution is 8.00. The predicted molar refractivity (Wildman–Crippen MR) is 86.1 cm³/mol. The quantitative estimate of drug-likeness (QED) is 0.667. The lowest BCUT2D eigenvalue weighted by molar-refractivity contribution is -0.113. The summed E-state index contributed by atoms with van der Waals surface area (Å²) in [7, 11) is 0. The van der Waals surface area contributed by atoms with Crippen LogP contribution in [0.15, 0.2) is 47.4 Å². The van der Waals surface area contributed by atoms with Gasteiger partial charge in [0.15, 0.2) is 0 Å². The van der Waals surface area contributed by atoms with E-state index in [1.807, 2.05) is 50.2 Å². The van der Waals surface area contributed by atoms with Crippen LogP contribution in [0.25, 0.3) is 0 Å². The maximum absolute atomic E-state index is 11.9. The molecule has 0 unspecified atom stereocenters. The van der Waals surface area contributed by atoms with E-state index in [9.17, 15) is 4.79 Å². The lowest BCUT2D eigenvalue weighted by Gasteiger charge is -2.09. The van der Waals surface area contributed by atoms with E-state index in [1.54, 1.807) is 6.07 Å². The number of carbonyl (C=O) groups excluding carboxylic acids is 1. The van der Waals surface area contributed by atoms with Crippen molar-refractivity contribution in [1.29, 1.82) is 0 Å². The van der Waals surface area contributed by atoms with Crippen LogP contribution in [0.2, 0.25) is 0 Å². The molecule has 0 aromatic heterocycles. The summed E-state index contributed by atoms with van der Waals surface area (Å²) >= 11 is 1.52. The second kappa shape index (κ2) is 6.48. The number of nitrogens with one attached hydrogen (secondary N) is 1. The van der Waals surface area contributed by atoms with Crippen molar-refractivity contribution < 1.29 is 4.79 Å². The van der Waals surface area contributed by atoms with Crippen LogP contribution in [0.4, 0.5) is 11.4 Å². The van der Waals surface area contributed by atoms with Gasteiger partial charge in [0.2, 0.25) is 5.91 Å². The summed E-state index contributed by atoms with van der Waals surface area (Å²) in [5, 5.41) is 2.89. The van der Waals surface area contributed by atoms with Crippen LogP contribution >= 0.6 is 11.8 Å². The molecular weight excluding hydrogens is 268 g/mol. The number of hydrogen-bond acceptors (Lipinski definition) is 3. The number of benzene rings is 2. The van der Waals surface area contributed by atoms with Crippen molar-refractivity contribution in [3.05, 3.63) is 53.6 Å². The molecule has 0 saturated carbocycles. The summed E-state index contributed by atoms with van der Waals surface area (Å²) in [5.41, 5.74) is 9.38. The Morgan fingerprint density at radius 1 is 1.15 bits per heavy atom. The summed E-state index contributed by atoms with van der Waals surface area (Å²) < 4.78 is 0. The third-order valence-corrected chi connectivity index (χ3v) is 3.94. The van der Waals surface area contributed by atoms with Gasteiger partial charge in [0.05, 0.1) is 5.75 Å². The molecule has 0 bridgehead atoms. The highest BCUT2D eigenvalue weighted by atomic mass is 32.2. The summed E-state index contributed by atoms with van der Waals surface area (Å²) in [6.07, 6.45) is 0. The molecule has 0 heterocycles. The second-order valence-electron chi connectivity index (χ2n) is 4.72. The largest absolute Gasteiger partial charge is 0.399 e. The fourth-order valence-electron chi connectivity index (χ4n) is 1.74. The van der Waals surface area contributed by atoms with E-state index in [0.29, 0.717) is 11.4 Å². The number of nitrogen functional groups attached to an aromatic ring is 1. The summed E-state index contributed by atoms with van der Waals surface area (Å²) in [5.74, 6) is 0.362. The Morgan fingerprint density at radius 3 is 2.55 bits per heavy atom. The minimum Gasteiger partial charge on any atom is -0.399 e. The van der Waals surface area contributed by atoms with Gasteiger partial charge in [0.25, 0.3) is 0 Å². The van der Waals surface area contributed by atoms with Gasteiger partial charge >= 0.3 is 0 Å². The van der Waals surface area contributed by atoms with Crippen molar-refractivity contribution >= 4 is 29.0 Å². The number of carbonyl (C=O) groups is 1. The molecule has 2 rings (SSSR count). The first-order valence-corrected chi connectivity index (χ1v) is 7.38. The Morgan fingerprint density at radius 2 is 1.85 bits per heavy atom. The van der Waals surface area contributed by atoms with Crippen LogP contribution in [0.3, 0.4) is 0 Å². The zero-order valence-corrected chi connectivity index (χ0v) is 12.5. The van der Waals surface area contributed by atoms with Crippen LogP contribution in [0.1, 0.15) is 11.1 Å². The Balaban J connectivity index is 1.92. The molecule has 0 spiro atoms. The average molecular weight is 286 g/mol. The van der Waals surface area contributed by atoms with Crippen LogP contribution in [0.5, 0.6) is 0 Å². The third-order valence-electron chi connectivity index (χ3n) is 2.93. The fourth-order valence-corrected chi connectivity index (χ4v) is 2.44. The number of rotatable bonds is 4. The third kappa shape index (κ3) is 4.03. The number of nitrogens with two attached hydrogens (primary N) is 1. The first-order valence-electron chi connectivity index (χ1n) is 6.40. The molecule has 20 heavy (non-hydrogen) atoms. The minimum atomic E-state index is -0.0238. The van der Waals surface area contributed by atoms with Crippen LogP contribution in [-0.2, 0) is 4.79 Å². The number of amides is 1. The molecule has 0 aliphatic rings. The standard InChI is InChI=1S/C16H18N2OS/c1-11-3-7-14(8-4-11)20-10-16(19)18-15-9-13(17)6-5-12(15)2/h3-9H,10,17H2,1-2H3,(H,18,19). The topological polar surface area (TPSA) is 55.1 Å². The number of aryl methyl sites for hydroxylation is 2. The van der Waals surface area contributed by atoms with Crippen molar-refractivity contribution in [2.75, 3.05) is 16.8 Å². The van der Waals surface area contributed by atoms with Crippen molar-refractivity contribution in [2.24, 2.45) is 0 Å². The summed E-state index contributed by atoms with van der Waals surface area (Å²) in [4.78, 5) is 13.0. The molecule has 2 aromatic carbocycles. The van der Waals surface area contributed by atoms with Gasteiger partial charge in [-0.15, -0.1) is 11.8 Å². The molecule has 1 amide bonds. The Kier molecular flexibility index (Phi) is 4.69. The van der Waals surface area contributed by atoms with E-state index in [4.69, 9.17) is 5.73 Å². The molecule has 2 aromatic rings. The maximum atomic E-state index is 11.9. The first kappa shape index (κ1) is 14.5. The van der Waals surface area contributed by atoms with Crippen LogP contribution in [0, 0.1) is 13.8 Å². The van der Waals surface area contributed by atoms with Crippen LogP contribution in [-0.4, -0.2) is 11.7 Å². The Hall–Kier alpha value is -1.94. The van der Waals surface area contributed by atoms with Crippen LogP contribution < -0.4 is 11.1 Å². The molecule has 0 aliphatic heterocycles. The normalized spacial score (nSPS) is 10.3. The molecular formula is C16H18N2OS. The average Bonchev–Trinajstić information content (AvgIpc) is 2.42. The van der Waals surface area contributed by atoms with Crippen molar-refractivity contribution in [1.82, 2.24) is 0 Å². The summed E-state index contributed by atoms with van der Waals surface area (Å²) in [6, 6.07) is 13.6. The molecule has 0 atom stereocenters. The summed E-state index contributed by atoms with van der Waals surface area (Å²) in [6.45, 7) is 3.99. The van der Waals surface area contributed by atoms with Crippen molar-refractivity contribution in [3.63, 3.8) is 0 Å². The van der Waals surface area contributed by atoms with Gasteiger partial charge in [-0.3, -0.25) is 4.79 Å². The van der Waals surface area contributed by atoms with E-state index in [2.05, 4.69) is 5.32 Å². The molecule has 4 heteroatoms. The predicted octanol–water partition coefficient (Wildman–Crippen LogP) is 3.62. The molecule has 3 N–H and O–H groups in total. The SMILES string of the molecule is Cc1ccc(SCC(=O)Nc2cc(N)ccc2C)cc1. The lowest BCUT2D eigenvalue weighted by Crippen LogP contribution is -2.15. The minimum absolute atomic E-state index is 0.0238. The van der Waals surface area contributed by atoms with E-state index >= 15 is 0 Å². The zero-order chi connectivity index (χ0) is 14.5. The second-order valence-corrected chi connectivity index (χ2v) is 5.77. The smallest absolute Gasteiger partial charge is 0.234 e. The number of anilines is 2. The Labute approximate surface area is 123 Å². The van der Waals surface area contributed by atoms with Gasteiger partial charge in [-0.05, 0) is 43.7 Å². The van der Waals surface area contributed by atoms with Gasteiger partial charge in [-0.1, -0.05) is 23.8 Å². The molecule has 0 aliphatic carbocycles. The molecule has 104 valence electrons. The van der Waals surface area contributed by atoms with E-state index in [0.717, 1.165) is 16.1 Å². The first-order chi connectivity index (χ1) is 9.54. The highest BCUT2D eigenvalue weighted by Gasteiger charge is 2.06. The van der Waals surface area contributed by atoms with E-state index < -0.39 is 0 Å². The molecule has 0 fully saturated rings. The highest BCUT2D eigenvalue weighted by Crippen LogP contribution is 2.21. The maximum Gasteiger partial charge on any atom is 0.234 e. The van der Waals surface area contributed by atoms with Gasteiger partial charge in [-0.25, -0.2) is 0 Å². The monoisotopic (exact) mass is 286 g/mol. The van der Waals surface area contributed by atoms with Gasteiger partial charge in [-0.2, -0.15) is 0 Å². The van der Waals surface area contributed by atoms with Crippen molar-refractivity contribution in [2.45, 2.75) is 18.7 Å². The van der Waals surface area contributed by atoms with Crippen molar-refractivity contribution in [3.8, 4) is 0 Å². The van der Waals surface area contributed by atoms with Gasteiger partial charge in [0, 0.05) is 16.3 Å². The number of thioether (sulfide) groups is 1. The molecule has 0 saturated heterocycles. The van der Waals surface area contributed by atoms with Gasteiger partial charge in [0.1, 0.15) is 0 Å².